The van der Waals surface area contributed by atoms with E-state index in [4.69, 9.17) is 5.73 Å². The number of rotatable bonds is 2. The maximum absolute atomic E-state index is 6.30. The third-order valence-electron chi connectivity index (χ3n) is 4.75. The molecule has 0 saturated heterocycles. The Bertz CT molecular complexity index is 411. The molecule has 1 unspecified atom stereocenters. The Hall–Kier alpha value is -0.340. The van der Waals surface area contributed by atoms with Crippen LogP contribution in [0.4, 0.5) is 0 Å². The number of nitrogens with two attached hydrogens (primary N) is 1. The van der Waals surface area contributed by atoms with E-state index in [1.807, 2.05) is 0 Å². The fourth-order valence-electron chi connectivity index (χ4n) is 3.74. The van der Waals surface area contributed by atoms with E-state index >= 15 is 0 Å². The van der Waals surface area contributed by atoms with Gasteiger partial charge in [0.1, 0.15) is 0 Å². The van der Waals surface area contributed by atoms with E-state index in [9.17, 15) is 0 Å². The highest BCUT2D eigenvalue weighted by Crippen LogP contribution is 2.57. The molecule has 0 aromatic heterocycles. The molecule has 1 aromatic carbocycles. The van der Waals surface area contributed by atoms with Crippen LogP contribution >= 0.6 is 15.9 Å². The highest BCUT2D eigenvalue weighted by atomic mass is 79.9. The van der Waals surface area contributed by atoms with Crippen LogP contribution < -0.4 is 5.73 Å². The normalized spacial score (nSPS) is 33.6. The predicted octanol–water partition coefficient (Wildman–Crippen LogP) is 4.00. The predicted molar refractivity (Wildman–Crippen MR) is 75.0 cm³/mol. The molecule has 0 bridgehead atoms. The molecule has 2 N–H and O–H groups in total. The zero-order valence-corrected chi connectivity index (χ0v) is 11.7. The van der Waals surface area contributed by atoms with Crippen molar-refractivity contribution in [3.63, 3.8) is 0 Å². The summed E-state index contributed by atoms with van der Waals surface area (Å²) in [7, 11) is 0. The van der Waals surface area contributed by atoms with E-state index in [-0.39, 0.29) is 0 Å². The molecule has 0 radical (unpaired) electrons. The van der Waals surface area contributed by atoms with Crippen LogP contribution in [0.2, 0.25) is 0 Å². The Labute approximate surface area is 112 Å². The minimum absolute atomic E-state index is 0.310. The molecule has 0 aliphatic heterocycles. The summed E-state index contributed by atoms with van der Waals surface area (Å²) in [6.45, 7) is 0. The number of benzene rings is 1. The molecule has 2 aliphatic carbocycles. The van der Waals surface area contributed by atoms with Crippen molar-refractivity contribution < 1.29 is 0 Å². The van der Waals surface area contributed by atoms with Crippen molar-refractivity contribution in [1.29, 1.82) is 0 Å². The van der Waals surface area contributed by atoms with Gasteiger partial charge in [0.25, 0.3) is 0 Å². The monoisotopic (exact) mass is 293 g/mol. The van der Waals surface area contributed by atoms with E-state index in [0.717, 1.165) is 5.92 Å². The zero-order chi connectivity index (χ0) is 11.9. The Morgan fingerprint density at radius 3 is 2.47 bits per heavy atom. The Morgan fingerprint density at radius 2 is 1.88 bits per heavy atom. The van der Waals surface area contributed by atoms with Crippen LogP contribution in [0.25, 0.3) is 0 Å². The molecule has 2 heteroatoms. The Balaban J connectivity index is 1.92. The van der Waals surface area contributed by atoms with Crippen LogP contribution in [-0.2, 0) is 5.41 Å². The fraction of sp³-hybridized carbons (Fsp3) is 0.600. The van der Waals surface area contributed by atoms with Crippen LogP contribution in [0.5, 0.6) is 0 Å². The Kier molecular flexibility index (Phi) is 3.04. The minimum atomic E-state index is 0.310. The minimum Gasteiger partial charge on any atom is -0.327 e. The summed E-state index contributed by atoms with van der Waals surface area (Å²) in [6, 6.07) is 9.19. The second-order valence-corrected chi connectivity index (χ2v) is 6.61. The van der Waals surface area contributed by atoms with Gasteiger partial charge in [0.2, 0.25) is 0 Å². The fourth-order valence-corrected chi connectivity index (χ4v) is 4.14. The number of hydrogen-bond acceptors (Lipinski definition) is 1. The third kappa shape index (κ3) is 1.96. The molecule has 0 spiro atoms. The maximum Gasteiger partial charge on any atom is 0.0178 e. The van der Waals surface area contributed by atoms with Crippen LogP contribution in [0, 0.1) is 5.92 Å². The summed E-state index contributed by atoms with van der Waals surface area (Å²) in [6.07, 6.45) is 8.15. The van der Waals surface area contributed by atoms with Crippen LogP contribution in [0.3, 0.4) is 0 Å². The van der Waals surface area contributed by atoms with Gasteiger partial charge >= 0.3 is 0 Å². The van der Waals surface area contributed by atoms with E-state index in [0.29, 0.717) is 11.5 Å². The average Bonchev–Trinajstić information content (AvgIpc) is 3.04. The van der Waals surface area contributed by atoms with Crippen LogP contribution in [-0.4, -0.2) is 6.04 Å². The third-order valence-corrected chi connectivity index (χ3v) is 5.25. The van der Waals surface area contributed by atoms with Gasteiger partial charge in [0, 0.05) is 15.9 Å². The van der Waals surface area contributed by atoms with Crippen molar-refractivity contribution in [2.24, 2.45) is 11.7 Å². The summed E-state index contributed by atoms with van der Waals surface area (Å²) >= 11 is 3.59. The van der Waals surface area contributed by atoms with Crippen molar-refractivity contribution in [2.45, 2.75) is 50.0 Å². The zero-order valence-electron chi connectivity index (χ0n) is 10.2. The first-order chi connectivity index (χ1) is 8.23. The molecule has 2 saturated carbocycles. The first kappa shape index (κ1) is 11.7. The average molecular weight is 294 g/mol. The Morgan fingerprint density at radius 1 is 1.18 bits per heavy atom. The topological polar surface area (TPSA) is 26.0 Å². The van der Waals surface area contributed by atoms with Crippen molar-refractivity contribution in [3.8, 4) is 0 Å². The molecular formula is C15H20BrN. The molecule has 0 amide bonds. The molecule has 1 aromatic rings. The molecule has 17 heavy (non-hydrogen) atoms. The molecular weight excluding hydrogens is 274 g/mol. The van der Waals surface area contributed by atoms with Gasteiger partial charge in [-0.2, -0.15) is 0 Å². The summed E-state index contributed by atoms with van der Waals surface area (Å²) in [4.78, 5) is 0. The van der Waals surface area contributed by atoms with E-state index in [2.05, 4.69) is 40.2 Å². The lowest BCUT2D eigenvalue weighted by molar-refractivity contribution is 0.284. The highest BCUT2D eigenvalue weighted by Gasteiger charge is 2.57. The van der Waals surface area contributed by atoms with Gasteiger partial charge in [-0.1, -0.05) is 47.3 Å². The van der Waals surface area contributed by atoms with Gasteiger partial charge in [-0.25, -0.2) is 0 Å². The molecule has 3 rings (SSSR count). The van der Waals surface area contributed by atoms with Crippen molar-refractivity contribution in [2.75, 3.05) is 0 Å². The molecule has 2 aliphatic rings. The summed E-state index contributed by atoms with van der Waals surface area (Å²) < 4.78 is 1.18. The van der Waals surface area contributed by atoms with Crippen LogP contribution in [0.15, 0.2) is 28.7 Å². The molecule has 2 fully saturated rings. The van der Waals surface area contributed by atoms with Gasteiger partial charge in [-0.3, -0.25) is 0 Å². The SMILES string of the molecule is N[C@@H]1CC1(c1cccc(Br)c1)C1CCCCC1. The lowest BCUT2D eigenvalue weighted by Crippen LogP contribution is -2.29. The second-order valence-electron chi connectivity index (χ2n) is 5.70. The van der Waals surface area contributed by atoms with E-state index < -0.39 is 0 Å². The maximum atomic E-state index is 6.30. The summed E-state index contributed by atoms with van der Waals surface area (Å²) in [5, 5.41) is 0. The first-order valence-corrected chi connectivity index (χ1v) is 7.54. The molecule has 92 valence electrons. The van der Waals surface area contributed by atoms with Gasteiger partial charge in [-0.05, 0) is 42.9 Å². The van der Waals surface area contributed by atoms with Gasteiger partial charge in [-0.15, -0.1) is 0 Å². The lowest BCUT2D eigenvalue weighted by Gasteiger charge is -2.31. The second kappa shape index (κ2) is 4.40. The van der Waals surface area contributed by atoms with Gasteiger partial charge in [0.05, 0.1) is 0 Å². The van der Waals surface area contributed by atoms with Crippen molar-refractivity contribution >= 4 is 15.9 Å². The largest absolute Gasteiger partial charge is 0.327 e. The first-order valence-electron chi connectivity index (χ1n) is 6.75. The van der Waals surface area contributed by atoms with Gasteiger partial charge in [0.15, 0.2) is 0 Å². The van der Waals surface area contributed by atoms with E-state index in [1.54, 1.807) is 0 Å². The van der Waals surface area contributed by atoms with Gasteiger partial charge < -0.3 is 5.73 Å². The quantitative estimate of drug-likeness (QED) is 0.876. The molecule has 1 nitrogen and oxygen atoms in total. The van der Waals surface area contributed by atoms with Crippen LogP contribution in [0.1, 0.15) is 44.1 Å². The smallest absolute Gasteiger partial charge is 0.0178 e. The van der Waals surface area contributed by atoms with Crippen molar-refractivity contribution in [1.82, 2.24) is 0 Å². The molecule has 0 heterocycles. The van der Waals surface area contributed by atoms with E-state index in [1.165, 1.54) is 48.6 Å². The van der Waals surface area contributed by atoms with Crippen molar-refractivity contribution in [3.05, 3.63) is 34.3 Å². The summed E-state index contributed by atoms with van der Waals surface area (Å²) in [5.41, 5.74) is 8.07. The lowest BCUT2D eigenvalue weighted by atomic mass is 9.74. The standard InChI is InChI=1S/C15H20BrN/c16-13-8-4-7-12(9-13)15(10-14(15)17)11-5-2-1-3-6-11/h4,7-9,11,14H,1-3,5-6,10,17H2/t14-,15?/m1/s1. The number of halogens is 1. The highest BCUT2D eigenvalue weighted by molar-refractivity contribution is 9.10. The number of hydrogen-bond donors (Lipinski definition) is 1. The summed E-state index contributed by atoms with van der Waals surface area (Å²) in [5.74, 6) is 0.820. The molecule has 2 atom stereocenters.